The molecule has 1 aliphatic carbocycles. The van der Waals surface area contributed by atoms with Gasteiger partial charge in [0.25, 0.3) is 0 Å². The third-order valence-corrected chi connectivity index (χ3v) is 3.89. The molecule has 0 aromatic carbocycles. The molecule has 1 aliphatic rings. The molecule has 0 radical (unpaired) electrons. The molecule has 0 saturated heterocycles. The van der Waals surface area contributed by atoms with E-state index in [0.717, 1.165) is 16.7 Å². The summed E-state index contributed by atoms with van der Waals surface area (Å²) < 4.78 is 37.1. The summed E-state index contributed by atoms with van der Waals surface area (Å²) in [6.45, 7) is 0.641. The molecule has 1 N–H and O–H groups in total. The van der Waals surface area contributed by atoms with E-state index in [1.165, 1.54) is 12.8 Å². The summed E-state index contributed by atoms with van der Waals surface area (Å²) in [6, 6.07) is 0.364. The molecule has 1 fully saturated rings. The Kier molecular flexibility index (Phi) is 3.82. The number of nitrogens with zero attached hydrogens (tertiary/aromatic N) is 2. The number of alkyl halides is 3. The Morgan fingerprint density at radius 2 is 2.17 bits per heavy atom. The largest absolute Gasteiger partial charge is 0.434 e. The van der Waals surface area contributed by atoms with E-state index in [0.29, 0.717) is 23.6 Å². The van der Waals surface area contributed by atoms with Crippen LogP contribution in [-0.2, 0) is 6.18 Å². The maximum absolute atomic E-state index is 12.4. The fraction of sp³-hybridized carbons (Fsp3) is 0.727. The highest BCUT2D eigenvalue weighted by Gasteiger charge is 2.35. The first-order valence-corrected chi connectivity index (χ1v) is 6.69. The summed E-state index contributed by atoms with van der Waals surface area (Å²) in [5.74, 6) is 0.662. The van der Waals surface area contributed by atoms with E-state index < -0.39 is 11.9 Å². The molecule has 1 aromatic heterocycles. The fourth-order valence-corrected chi connectivity index (χ4v) is 2.66. The second-order valence-electron chi connectivity index (χ2n) is 4.78. The molecule has 18 heavy (non-hydrogen) atoms. The van der Waals surface area contributed by atoms with Crippen molar-refractivity contribution in [1.29, 1.82) is 0 Å². The third kappa shape index (κ3) is 3.35. The second-order valence-corrected chi connectivity index (χ2v) is 5.64. The molecule has 1 unspecified atom stereocenters. The Morgan fingerprint density at radius 3 is 2.61 bits per heavy atom. The predicted octanol–water partition coefficient (Wildman–Crippen LogP) is 2.91. The summed E-state index contributed by atoms with van der Waals surface area (Å²) in [6.07, 6.45) is -1.94. The van der Waals surface area contributed by atoms with E-state index in [1.54, 1.807) is 0 Å². The molecule has 102 valence electrons. The number of rotatable bonds is 5. The third-order valence-electron chi connectivity index (χ3n) is 3.09. The summed E-state index contributed by atoms with van der Waals surface area (Å²) in [7, 11) is 3.99. The first kappa shape index (κ1) is 13.6. The molecule has 1 atom stereocenters. The molecule has 0 spiro atoms. The minimum Gasteiger partial charge on any atom is -0.360 e. The summed E-state index contributed by atoms with van der Waals surface area (Å²) in [4.78, 5) is 5.67. The number of hydrogen-bond donors (Lipinski definition) is 1. The van der Waals surface area contributed by atoms with Crippen LogP contribution in [0.2, 0.25) is 0 Å². The van der Waals surface area contributed by atoms with E-state index in [4.69, 9.17) is 0 Å². The average Bonchev–Trinajstić information content (AvgIpc) is 2.94. The van der Waals surface area contributed by atoms with Gasteiger partial charge in [0.05, 0.1) is 0 Å². The molecular weight excluding hydrogens is 263 g/mol. The Labute approximate surface area is 108 Å². The molecule has 3 nitrogen and oxygen atoms in total. The van der Waals surface area contributed by atoms with Crippen LogP contribution < -0.4 is 5.32 Å². The van der Waals surface area contributed by atoms with Crippen molar-refractivity contribution in [1.82, 2.24) is 9.88 Å². The Bertz CT molecular complexity index is 396. The number of thiazole rings is 1. The van der Waals surface area contributed by atoms with Crippen molar-refractivity contribution in [2.75, 3.05) is 26.0 Å². The van der Waals surface area contributed by atoms with Crippen LogP contribution in [0.15, 0.2) is 5.38 Å². The van der Waals surface area contributed by atoms with Gasteiger partial charge < -0.3 is 10.2 Å². The van der Waals surface area contributed by atoms with Gasteiger partial charge in [0, 0.05) is 18.0 Å². The van der Waals surface area contributed by atoms with Crippen molar-refractivity contribution in [2.45, 2.75) is 25.1 Å². The van der Waals surface area contributed by atoms with Crippen LogP contribution in [0.25, 0.3) is 0 Å². The summed E-state index contributed by atoms with van der Waals surface area (Å²) in [5, 5.41) is 4.39. The first-order chi connectivity index (χ1) is 8.38. The topological polar surface area (TPSA) is 28.2 Å². The molecule has 0 amide bonds. The van der Waals surface area contributed by atoms with Gasteiger partial charge in [-0.2, -0.15) is 13.2 Å². The fourth-order valence-electron chi connectivity index (χ4n) is 1.93. The molecule has 1 heterocycles. The zero-order chi connectivity index (χ0) is 13.3. The van der Waals surface area contributed by atoms with E-state index in [-0.39, 0.29) is 0 Å². The van der Waals surface area contributed by atoms with Crippen molar-refractivity contribution in [3.8, 4) is 0 Å². The zero-order valence-corrected chi connectivity index (χ0v) is 11.1. The second kappa shape index (κ2) is 5.05. The van der Waals surface area contributed by atoms with Gasteiger partial charge in [-0.05, 0) is 32.9 Å². The molecule has 2 rings (SSSR count). The lowest BCUT2D eigenvalue weighted by atomic mass is 10.1. The zero-order valence-electron chi connectivity index (χ0n) is 10.3. The predicted molar refractivity (Wildman–Crippen MR) is 65.8 cm³/mol. The van der Waals surface area contributed by atoms with Crippen LogP contribution in [0.5, 0.6) is 0 Å². The van der Waals surface area contributed by atoms with E-state index in [1.807, 2.05) is 14.1 Å². The normalized spacial score (nSPS) is 18.1. The van der Waals surface area contributed by atoms with Crippen LogP contribution in [0.4, 0.5) is 18.3 Å². The van der Waals surface area contributed by atoms with Crippen LogP contribution in [0, 0.1) is 5.92 Å². The lowest BCUT2D eigenvalue weighted by Crippen LogP contribution is -2.36. The van der Waals surface area contributed by atoms with Gasteiger partial charge in [0.2, 0.25) is 0 Å². The molecule has 7 heteroatoms. The van der Waals surface area contributed by atoms with Gasteiger partial charge in [0.1, 0.15) is 0 Å². The molecule has 0 bridgehead atoms. The number of aromatic nitrogens is 1. The van der Waals surface area contributed by atoms with Crippen LogP contribution in [0.3, 0.4) is 0 Å². The monoisotopic (exact) mass is 279 g/mol. The standard InChI is InChI=1S/C11H16F3N3S/c1-17(2)8(7-3-4-7)5-15-10-16-9(6-18-10)11(12,13)14/h6-8H,3-5H2,1-2H3,(H,15,16). The van der Waals surface area contributed by atoms with Crippen LogP contribution in [-0.4, -0.2) is 36.6 Å². The Morgan fingerprint density at radius 1 is 1.50 bits per heavy atom. The van der Waals surface area contributed by atoms with Gasteiger partial charge in [-0.15, -0.1) is 11.3 Å². The highest BCUT2D eigenvalue weighted by Crippen LogP contribution is 2.35. The first-order valence-electron chi connectivity index (χ1n) is 5.81. The number of likely N-dealkylation sites (N-methyl/N-ethyl adjacent to an activating group) is 1. The van der Waals surface area contributed by atoms with Gasteiger partial charge in [0.15, 0.2) is 10.8 Å². The maximum atomic E-state index is 12.4. The highest BCUT2D eigenvalue weighted by atomic mass is 32.1. The average molecular weight is 279 g/mol. The minimum absolute atomic E-state index is 0.342. The van der Waals surface area contributed by atoms with Crippen LogP contribution in [0.1, 0.15) is 18.5 Å². The van der Waals surface area contributed by atoms with Gasteiger partial charge in [-0.25, -0.2) is 4.98 Å². The maximum Gasteiger partial charge on any atom is 0.434 e. The molecule has 1 aromatic rings. The Balaban J connectivity index is 1.91. The Hall–Kier alpha value is -0.820. The number of hydrogen-bond acceptors (Lipinski definition) is 4. The SMILES string of the molecule is CN(C)C(CNc1nc(C(F)(F)F)cs1)C1CC1. The van der Waals surface area contributed by atoms with Crippen molar-refractivity contribution in [2.24, 2.45) is 5.92 Å². The lowest BCUT2D eigenvalue weighted by molar-refractivity contribution is -0.140. The summed E-state index contributed by atoms with van der Waals surface area (Å²) >= 11 is 1.00. The quantitative estimate of drug-likeness (QED) is 0.898. The van der Waals surface area contributed by atoms with Gasteiger partial charge in [-0.3, -0.25) is 0 Å². The number of halogens is 3. The summed E-state index contributed by atoms with van der Waals surface area (Å²) in [5.41, 5.74) is -0.817. The highest BCUT2D eigenvalue weighted by molar-refractivity contribution is 7.13. The van der Waals surface area contributed by atoms with Crippen molar-refractivity contribution >= 4 is 16.5 Å². The number of anilines is 1. The minimum atomic E-state index is -4.35. The van der Waals surface area contributed by atoms with Crippen molar-refractivity contribution < 1.29 is 13.2 Å². The molecule has 0 aliphatic heterocycles. The smallest absolute Gasteiger partial charge is 0.360 e. The van der Waals surface area contributed by atoms with Gasteiger partial charge >= 0.3 is 6.18 Å². The molecular formula is C11H16F3N3S. The van der Waals surface area contributed by atoms with E-state index >= 15 is 0 Å². The number of nitrogens with one attached hydrogen (secondary N) is 1. The lowest BCUT2D eigenvalue weighted by Gasteiger charge is -2.24. The van der Waals surface area contributed by atoms with Crippen molar-refractivity contribution in [3.63, 3.8) is 0 Å². The van der Waals surface area contributed by atoms with Crippen LogP contribution >= 0.6 is 11.3 Å². The molecule has 1 saturated carbocycles. The van der Waals surface area contributed by atoms with E-state index in [2.05, 4.69) is 15.2 Å². The van der Waals surface area contributed by atoms with Crippen molar-refractivity contribution in [3.05, 3.63) is 11.1 Å². The van der Waals surface area contributed by atoms with E-state index in [9.17, 15) is 13.2 Å². The van der Waals surface area contributed by atoms with Gasteiger partial charge in [-0.1, -0.05) is 0 Å².